The number of aryl methyl sites for hydroxylation is 1. The Morgan fingerprint density at radius 3 is 2.57 bits per heavy atom. The zero-order valence-corrected chi connectivity index (χ0v) is 17.1. The molecular weight excluding hydrogens is 398 g/mol. The Morgan fingerprint density at radius 1 is 1.14 bits per heavy atom. The number of hydrogen-bond acceptors (Lipinski definition) is 6. The van der Waals surface area contributed by atoms with E-state index >= 15 is 0 Å². The highest BCUT2D eigenvalue weighted by Crippen LogP contribution is 2.24. The normalized spacial score (nSPS) is 17.9. The third-order valence-corrected chi connectivity index (χ3v) is 7.30. The quantitative estimate of drug-likeness (QED) is 0.612. The van der Waals surface area contributed by atoms with E-state index in [1.165, 1.54) is 9.78 Å². The van der Waals surface area contributed by atoms with Gasteiger partial charge in [-0.05, 0) is 42.8 Å². The fraction of sp³-hybridized carbons (Fsp3) is 0.400. The number of nitrogens with zero attached hydrogens (tertiary/aromatic N) is 1. The van der Waals surface area contributed by atoms with Crippen molar-refractivity contribution >= 4 is 38.7 Å². The molecule has 0 N–H and O–H groups in total. The van der Waals surface area contributed by atoms with Crippen molar-refractivity contribution in [2.24, 2.45) is 0 Å². The number of rotatable bonds is 8. The molecule has 0 spiro atoms. The van der Waals surface area contributed by atoms with Crippen LogP contribution in [-0.2, 0) is 30.6 Å². The van der Waals surface area contributed by atoms with Crippen molar-refractivity contribution in [3.05, 3.63) is 52.7 Å². The average molecular weight is 422 g/mol. The van der Waals surface area contributed by atoms with E-state index in [4.69, 9.17) is 4.74 Å². The molecule has 6 nitrogen and oxygen atoms in total. The Kier molecular flexibility index (Phi) is 6.85. The van der Waals surface area contributed by atoms with Crippen LogP contribution in [0.25, 0.3) is 0 Å². The molecule has 0 radical (unpaired) electrons. The number of para-hydroxylation sites is 1. The van der Waals surface area contributed by atoms with Gasteiger partial charge in [0.2, 0.25) is 0 Å². The molecule has 28 heavy (non-hydrogen) atoms. The summed E-state index contributed by atoms with van der Waals surface area (Å²) in [6.45, 7) is -0.386. The topological polar surface area (TPSA) is 80.8 Å². The fourth-order valence-corrected chi connectivity index (χ4v) is 5.72. The van der Waals surface area contributed by atoms with Gasteiger partial charge < -0.3 is 9.64 Å². The van der Waals surface area contributed by atoms with Gasteiger partial charge in [0, 0.05) is 17.0 Å². The summed E-state index contributed by atoms with van der Waals surface area (Å²) in [5, 5.41) is 1.99. The van der Waals surface area contributed by atoms with E-state index < -0.39 is 27.8 Å². The van der Waals surface area contributed by atoms with Crippen molar-refractivity contribution in [2.45, 2.75) is 31.7 Å². The Bertz CT molecular complexity index is 894. The lowest BCUT2D eigenvalue weighted by Gasteiger charge is -2.28. The molecule has 3 rings (SSSR count). The van der Waals surface area contributed by atoms with Crippen LogP contribution in [0, 0.1) is 0 Å². The van der Waals surface area contributed by atoms with Crippen molar-refractivity contribution < 1.29 is 22.7 Å². The van der Waals surface area contributed by atoms with Crippen LogP contribution in [-0.4, -0.2) is 44.4 Å². The number of anilines is 1. The number of carbonyl (C=O) groups excluding carboxylic acids is 2. The van der Waals surface area contributed by atoms with Crippen LogP contribution >= 0.6 is 11.3 Å². The van der Waals surface area contributed by atoms with Crippen molar-refractivity contribution in [3.8, 4) is 0 Å². The zero-order valence-electron chi connectivity index (χ0n) is 15.5. The van der Waals surface area contributed by atoms with Gasteiger partial charge in [0.05, 0.1) is 17.5 Å². The second-order valence-corrected chi connectivity index (χ2v) is 10.0. The molecular formula is C20H23NO5S2. The highest BCUT2D eigenvalue weighted by atomic mass is 32.2. The number of carbonyl (C=O) groups is 2. The first-order valence-electron chi connectivity index (χ1n) is 9.20. The number of amides is 1. The predicted octanol–water partition coefficient (Wildman–Crippen LogP) is 2.83. The third-order valence-electron chi connectivity index (χ3n) is 4.62. The molecule has 1 aromatic carbocycles. The first-order valence-corrected chi connectivity index (χ1v) is 11.9. The molecule has 2 heterocycles. The van der Waals surface area contributed by atoms with Crippen LogP contribution in [0.5, 0.6) is 0 Å². The van der Waals surface area contributed by atoms with E-state index in [1.54, 1.807) is 35.6 Å². The summed E-state index contributed by atoms with van der Waals surface area (Å²) in [6.07, 6.45) is 2.10. The summed E-state index contributed by atoms with van der Waals surface area (Å²) in [5.74, 6) is -0.823. The summed E-state index contributed by atoms with van der Waals surface area (Å²) in [7, 11) is -3.15. The Labute approximate surface area is 169 Å². The summed E-state index contributed by atoms with van der Waals surface area (Å²) in [6, 6.07) is 12.5. The maximum Gasteiger partial charge on any atom is 0.306 e. The maximum atomic E-state index is 12.8. The highest BCUT2D eigenvalue weighted by Gasteiger charge is 2.35. The molecule has 0 bridgehead atoms. The Balaban J connectivity index is 1.56. The number of benzene rings is 1. The van der Waals surface area contributed by atoms with Gasteiger partial charge in [-0.25, -0.2) is 8.42 Å². The largest absolute Gasteiger partial charge is 0.456 e. The number of esters is 1. The number of ether oxygens (including phenoxy) is 1. The van der Waals surface area contributed by atoms with E-state index in [-0.39, 0.29) is 24.5 Å². The van der Waals surface area contributed by atoms with Gasteiger partial charge in [0.25, 0.3) is 5.91 Å². The smallest absolute Gasteiger partial charge is 0.306 e. The SMILES string of the molecule is O=C(CCCc1cccs1)OCC(=O)N(c1ccccc1)[C@@H]1CCS(=O)(=O)C1. The minimum Gasteiger partial charge on any atom is -0.456 e. The van der Waals surface area contributed by atoms with Gasteiger partial charge in [-0.1, -0.05) is 24.3 Å². The second-order valence-electron chi connectivity index (χ2n) is 6.75. The van der Waals surface area contributed by atoms with Crippen molar-refractivity contribution in [2.75, 3.05) is 23.0 Å². The molecule has 1 amide bonds. The first-order chi connectivity index (χ1) is 13.4. The van der Waals surface area contributed by atoms with Gasteiger partial charge in [0.1, 0.15) is 0 Å². The third kappa shape index (κ3) is 5.65. The van der Waals surface area contributed by atoms with Gasteiger partial charge in [-0.2, -0.15) is 0 Å². The predicted molar refractivity (Wildman–Crippen MR) is 109 cm³/mol. The van der Waals surface area contributed by atoms with Gasteiger partial charge in [-0.15, -0.1) is 11.3 Å². The van der Waals surface area contributed by atoms with Crippen LogP contribution in [0.1, 0.15) is 24.1 Å². The molecule has 1 aliphatic heterocycles. The summed E-state index contributed by atoms with van der Waals surface area (Å²) in [5.41, 5.74) is 0.614. The van der Waals surface area contributed by atoms with Crippen molar-refractivity contribution in [1.82, 2.24) is 0 Å². The number of sulfone groups is 1. The van der Waals surface area contributed by atoms with Gasteiger partial charge >= 0.3 is 5.97 Å². The maximum absolute atomic E-state index is 12.8. The van der Waals surface area contributed by atoms with Crippen LogP contribution in [0.15, 0.2) is 47.8 Å². The van der Waals surface area contributed by atoms with Crippen molar-refractivity contribution in [1.29, 1.82) is 0 Å². The molecule has 1 saturated heterocycles. The van der Waals surface area contributed by atoms with E-state index in [0.29, 0.717) is 18.5 Å². The minimum atomic E-state index is -3.15. The lowest BCUT2D eigenvalue weighted by Crippen LogP contribution is -2.43. The van der Waals surface area contributed by atoms with E-state index in [1.807, 2.05) is 23.6 Å². The molecule has 1 aromatic heterocycles. The first kappa shape index (κ1) is 20.5. The van der Waals surface area contributed by atoms with Gasteiger partial charge in [0.15, 0.2) is 16.4 Å². The summed E-state index contributed by atoms with van der Waals surface area (Å²) in [4.78, 5) is 27.4. The standard InChI is InChI=1S/C20H23NO5S2/c22-19(14-26-20(23)10-4-8-18-9-5-12-27-18)21(16-6-2-1-3-7-16)17-11-13-28(24,25)15-17/h1-3,5-7,9,12,17H,4,8,10-11,13-15H2/t17-/m1/s1. The van der Waals surface area contributed by atoms with E-state index in [9.17, 15) is 18.0 Å². The lowest BCUT2D eigenvalue weighted by molar-refractivity contribution is -0.148. The minimum absolute atomic E-state index is 0.0663. The highest BCUT2D eigenvalue weighted by molar-refractivity contribution is 7.91. The fourth-order valence-electron chi connectivity index (χ4n) is 3.27. The molecule has 2 aromatic rings. The lowest BCUT2D eigenvalue weighted by atomic mass is 10.2. The molecule has 150 valence electrons. The molecule has 1 fully saturated rings. The summed E-state index contributed by atoms with van der Waals surface area (Å²) >= 11 is 1.65. The van der Waals surface area contributed by atoms with Crippen LogP contribution in [0.3, 0.4) is 0 Å². The Hall–Kier alpha value is -2.19. The van der Waals surface area contributed by atoms with Crippen LogP contribution < -0.4 is 4.90 Å². The molecule has 0 unspecified atom stereocenters. The molecule has 1 atom stereocenters. The van der Waals surface area contributed by atoms with Crippen LogP contribution in [0.4, 0.5) is 5.69 Å². The summed E-state index contributed by atoms with van der Waals surface area (Å²) < 4.78 is 28.9. The van der Waals surface area contributed by atoms with E-state index in [0.717, 1.165) is 6.42 Å². The van der Waals surface area contributed by atoms with Gasteiger partial charge in [-0.3, -0.25) is 9.59 Å². The number of hydrogen-bond donors (Lipinski definition) is 0. The second kappa shape index (κ2) is 9.34. The Morgan fingerprint density at radius 2 is 1.93 bits per heavy atom. The number of thiophene rings is 1. The zero-order chi connectivity index (χ0) is 20.0. The van der Waals surface area contributed by atoms with Crippen LogP contribution in [0.2, 0.25) is 0 Å². The molecule has 8 heteroatoms. The van der Waals surface area contributed by atoms with Crippen molar-refractivity contribution in [3.63, 3.8) is 0 Å². The molecule has 0 saturated carbocycles. The average Bonchev–Trinajstić information content (AvgIpc) is 3.31. The van der Waals surface area contributed by atoms with E-state index in [2.05, 4.69) is 0 Å². The monoisotopic (exact) mass is 421 g/mol. The molecule has 1 aliphatic rings. The molecule has 0 aliphatic carbocycles.